The van der Waals surface area contributed by atoms with Gasteiger partial charge in [0.1, 0.15) is 0 Å². The fourth-order valence-electron chi connectivity index (χ4n) is 3.16. The van der Waals surface area contributed by atoms with Crippen LogP contribution in [-0.2, 0) is 0 Å². The van der Waals surface area contributed by atoms with Gasteiger partial charge in [-0.1, -0.05) is 65.3 Å². The van der Waals surface area contributed by atoms with Crippen LogP contribution in [0.2, 0.25) is 0 Å². The molecule has 2 N–H and O–H groups in total. The van der Waals surface area contributed by atoms with Crippen molar-refractivity contribution in [1.29, 1.82) is 0 Å². The van der Waals surface area contributed by atoms with Gasteiger partial charge in [-0.05, 0) is 35.7 Å². The second-order valence-electron chi connectivity index (χ2n) is 7.03. The fourth-order valence-corrected chi connectivity index (χ4v) is 3.16. The van der Waals surface area contributed by atoms with Crippen molar-refractivity contribution in [2.24, 2.45) is 4.99 Å². The van der Waals surface area contributed by atoms with Crippen molar-refractivity contribution in [2.45, 2.75) is 0 Å². The number of rotatable bonds is 6. The molecular formula is C26H20N4O3. The molecule has 4 aromatic rings. The van der Waals surface area contributed by atoms with Crippen LogP contribution in [0.25, 0.3) is 0 Å². The monoisotopic (exact) mass is 436 g/mol. The molecule has 3 aromatic carbocycles. The van der Waals surface area contributed by atoms with Crippen molar-refractivity contribution in [1.82, 2.24) is 0 Å². The van der Waals surface area contributed by atoms with Crippen molar-refractivity contribution >= 4 is 29.1 Å². The van der Waals surface area contributed by atoms with E-state index in [0.29, 0.717) is 11.1 Å². The molecule has 0 saturated carbocycles. The number of hydrogen-bond acceptors (Lipinski definition) is 4. The molecule has 0 atom stereocenters. The van der Waals surface area contributed by atoms with Gasteiger partial charge in [0.05, 0.1) is 16.9 Å². The van der Waals surface area contributed by atoms with Gasteiger partial charge in [-0.25, -0.2) is 0 Å². The molecule has 0 saturated heterocycles. The Morgan fingerprint density at radius 3 is 1.97 bits per heavy atom. The number of aromatic nitrogens is 1. The van der Waals surface area contributed by atoms with E-state index < -0.39 is 11.8 Å². The van der Waals surface area contributed by atoms with E-state index in [9.17, 15) is 14.7 Å². The fraction of sp³-hybridized carbons (Fsp3) is 0. The number of anilines is 1. The molecule has 0 aliphatic heterocycles. The number of benzene rings is 3. The van der Waals surface area contributed by atoms with Gasteiger partial charge in [0.25, 0.3) is 5.91 Å². The lowest BCUT2D eigenvalue weighted by molar-refractivity contribution is -0.641. The van der Waals surface area contributed by atoms with E-state index in [1.54, 1.807) is 103 Å². The second kappa shape index (κ2) is 10.0. The number of nitrogens with one attached hydrogen (secondary N) is 2. The van der Waals surface area contributed by atoms with Gasteiger partial charge >= 0.3 is 5.91 Å². The molecule has 0 bridgehead atoms. The highest BCUT2D eigenvalue weighted by Gasteiger charge is 2.21. The summed E-state index contributed by atoms with van der Waals surface area (Å²) in [6, 6.07) is 27.3. The van der Waals surface area contributed by atoms with E-state index in [1.165, 1.54) is 4.68 Å². The van der Waals surface area contributed by atoms with Gasteiger partial charge in [0.15, 0.2) is 12.4 Å². The van der Waals surface area contributed by atoms with Gasteiger partial charge in [-0.15, -0.1) is 5.43 Å². The first kappa shape index (κ1) is 21.5. The predicted molar refractivity (Wildman–Crippen MR) is 124 cm³/mol. The Morgan fingerprint density at radius 1 is 0.697 bits per heavy atom. The highest BCUT2D eigenvalue weighted by Crippen LogP contribution is 2.28. The van der Waals surface area contributed by atoms with Crippen molar-refractivity contribution in [2.75, 3.05) is 10.7 Å². The molecule has 0 unspecified atom stereocenters. The Kier molecular flexibility index (Phi) is 6.51. The van der Waals surface area contributed by atoms with Gasteiger partial charge in [-0.2, -0.15) is 0 Å². The maximum absolute atomic E-state index is 13.2. The maximum atomic E-state index is 13.2. The van der Waals surface area contributed by atoms with Crippen molar-refractivity contribution < 1.29 is 19.4 Å². The minimum absolute atomic E-state index is 0.0717. The SMILES string of the molecule is O=C(Nc1cccc(N=C([O-])c2ccccc2)c1C(=O)N[n+]1ccccc1)c1ccccc1. The molecule has 0 aliphatic carbocycles. The number of carbonyl (C=O) groups is 2. The topological polar surface area (TPSA) is 97.5 Å². The minimum atomic E-state index is -0.533. The Balaban J connectivity index is 1.75. The molecule has 0 radical (unpaired) electrons. The molecule has 7 nitrogen and oxygen atoms in total. The van der Waals surface area contributed by atoms with Gasteiger partial charge in [-0.3, -0.25) is 14.6 Å². The molecule has 7 heteroatoms. The number of pyridine rings is 1. The van der Waals surface area contributed by atoms with Crippen LogP contribution in [-0.4, -0.2) is 17.7 Å². The molecule has 0 spiro atoms. The van der Waals surface area contributed by atoms with Crippen LogP contribution in [0.5, 0.6) is 0 Å². The molecule has 2 amide bonds. The molecule has 1 aromatic heterocycles. The lowest BCUT2D eigenvalue weighted by Crippen LogP contribution is -2.47. The molecule has 1 heterocycles. The Labute approximate surface area is 190 Å². The zero-order valence-corrected chi connectivity index (χ0v) is 17.5. The summed E-state index contributed by atoms with van der Waals surface area (Å²) in [6.07, 6.45) is 3.32. The molecule has 33 heavy (non-hydrogen) atoms. The van der Waals surface area contributed by atoms with Crippen LogP contribution in [0.1, 0.15) is 26.3 Å². The first-order valence-electron chi connectivity index (χ1n) is 10.2. The van der Waals surface area contributed by atoms with Crippen LogP contribution in [0.3, 0.4) is 0 Å². The number of nitrogens with zero attached hydrogens (tertiary/aromatic N) is 2. The van der Waals surface area contributed by atoms with Crippen LogP contribution >= 0.6 is 0 Å². The third-order valence-corrected chi connectivity index (χ3v) is 4.74. The number of amides is 2. The average molecular weight is 436 g/mol. The minimum Gasteiger partial charge on any atom is -0.858 e. The molecule has 162 valence electrons. The summed E-state index contributed by atoms with van der Waals surface area (Å²) < 4.78 is 1.47. The summed E-state index contributed by atoms with van der Waals surface area (Å²) in [4.78, 5) is 30.2. The number of hydrogen-bond donors (Lipinski definition) is 2. The third-order valence-electron chi connectivity index (χ3n) is 4.74. The van der Waals surface area contributed by atoms with E-state index in [0.717, 1.165) is 0 Å². The lowest BCUT2D eigenvalue weighted by atomic mass is 10.1. The third kappa shape index (κ3) is 5.29. The zero-order valence-electron chi connectivity index (χ0n) is 17.5. The van der Waals surface area contributed by atoms with Crippen molar-refractivity contribution in [3.63, 3.8) is 0 Å². The zero-order chi connectivity index (χ0) is 23.0. The Morgan fingerprint density at radius 2 is 1.30 bits per heavy atom. The van der Waals surface area contributed by atoms with Crippen molar-refractivity contribution in [3.05, 3.63) is 126 Å². The summed E-state index contributed by atoms with van der Waals surface area (Å²) in [6.45, 7) is 0. The van der Waals surface area contributed by atoms with Gasteiger partial charge in [0.2, 0.25) is 0 Å². The smallest absolute Gasteiger partial charge is 0.309 e. The van der Waals surface area contributed by atoms with Crippen LogP contribution in [0.4, 0.5) is 11.4 Å². The van der Waals surface area contributed by atoms with E-state index in [2.05, 4.69) is 15.7 Å². The number of aliphatic imine (C=N–C) groups is 1. The normalized spacial score (nSPS) is 11.0. The summed E-state index contributed by atoms with van der Waals surface area (Å²) >= 11 is 0. The molecule has 0 fully saturated rings. The first-order valence-corrected chi connectivity index (χ1v) is 10.2. The Bertz CT molecular complexity index is 1290. The van der Waals surface area contributed by atoms with Crippen LogP contribution in [0.15, 0.2) is 114 Å². The van der Waals surface area contributed by atoms with Gasteiger partial charge in [0, 0.05) is 17.7 Å². The molecular weight excluding hydrogens is 416 g/mol. The highest BCUT2D eigenvalue weighted by atomic mass is 16.3. The van der Waals surface area contributed by atoms with E-state index >= 15 is 0 Å². The van der Waals surface area contributed by atoms with E-state index in [-0.39, 0.29) is 22.8 Å². The predicted octanol–water partition coefficient (Wildman–Crippen LogP) is 3.05. The quantitative estimate of drug-likeness (QED) is 0.276. The standard InChI is InChI=1S/C26H20N4O3/c31-24(19-11-4-1-5-12-19)27-21-15-10-16-22(28-25(32)20-13-6-2-7-14-20)23(21)26(33)29-30-17-8-3-9-18-30/h1-18H,(H2-,27,28,29,31,32,33). The lowest BCUT2D eigenvalue weighted by Gasteiger charge is -2.15. The van der Waals surface area contributed by atoms with Crippen molar-refractivity contribution in [3.8, 4) is 0 Å². The van der Waals surface area contributed by atoms with E-state index in [1.807, 2.05) is 6.07 Å². The van der Waals surface area contributed by atoms with Crippen LogP contribution < -0.4 is 20.5 Å². The average Bonchev–Trinajstić information content (AvgIpc) is 2.86. The summed E-state index contributed by atoms with van der Waals surface area (Å²) in [5, 5.41) is 15.5. The molecule has 0 aliphatic rings. The first-order chi connectivity index (χ1) is 16.1. The maximum Gasteiger partial charge on any atom is 0.309 e. The van der Waals surface area contributed by atoms with Gasteiger partial charge < -0.3 is 10.4 Å². The Hall–Kier alpha value is -4.78. The largest absolute Gasteiger partial charge is 0.858 e. The summed E-state index contributed by atoms with van der Waals surface area (Å²) in [5.41, 5.74) is 3.99. The second-order valence-corrected chi connectivity index (χ2v) is 7.03. The summed E-state index contributed by atoms with van der Waals surface area (Å²) in [5.74, 6) is -1.41. The summed E-state index contributed by atoms with van der Waals surface area (Å²) in [7, 11) is 0. The van der Waals surface area contributed by atoms with E-state index in [4.69, 9.17) is 0 Å². The number of carbonyl (C=O) groups excluding carboxylic acids is 2. The molecule has 4 rings (SSSR count). The highest BCUT2D eigenvalue weighted by molar-refractivity contribution is 6.13. The van der Waals surface area contributed by atoms with Crippen LogP contribution in [0, 0.1) is 0 Å².